The number of rotatable bonds is 2. The number of hydrogen-bond donors (Lipinski definition) is 1. The summed E-state index contributed by atoms with van der Waals surface area (Å²) in [6.45, 7) is 10.8. The Morgan fingerprint density at radius 1 is 1.10 bits per heavy atom. The summed E-state index contributed by atoms with van der Waals surface area (Å²) in [5, 5.41) is 3.33. The van der Waals surface area contributed by atoms with Crippen LogP contribution in [0, 0.1) is 11.3 Å². The molecule has 1 aliphatic carbocycles. The van der Waals surface area contributed by atoms with Crippen LogP contribution in [0.3, 0.4) is 0 Å². The Morgan fingerprint density at radius 2 is 1.80 bits per heavy atom. The molecule has 0 spiro atoms. The second-order valence-corrected chi connectivity index (χ2v) is 7.46. The summed E-state index contributed by atoms with van der Waals surface area (Å²) in [6.07, 6.45) is 4.82. The van der Waals surface area contributed by atoms with Crippen molar-refractivity contribution >= 4 is 5.91 Å². The van der Waals surface area contributed by atoms with Crippen molar-refractivity contribution in [1.29, 1.82) is 0 Å². The Morgan fingerprint density at radius 3 is 2.35 bits per heavy atom. The molecule has 1 N–H and O–H groups in total. The summed E-state index contributed by atoms with van der Waals surface area (Å²) in [7, 11) is 0. The van der Waals surface area contributed by atoms with E-state index >= 15 is 0 Å². The second-order valence-electron chi connectivity index (χ2n) is 7.46. The van der Waals surface area contributed by atoms with Gasteiger partial charge in [-0.15, -0.1) is 0 Å². The molecule has 2 aliphatic heterocycles. The highest BCUT2D eigenvalue weighted by Gasteiger charge is 2.40. The van der Waals surface area contributed by atoms with Crippen LogP contribution in [0.1, 0.15) is 39.5 Å². The van der Waals surface area contributed by atoms with Crippen LogP contribution in [0.15, 0.2) is 0 Å². The molecule has 1 amide bonds. The van der Waals surface area contributed by atoms with Gasteiger partial charge in [0.1, 0.15) is 0 Å². The average molecular weight is 279 g/mol. The van der Waals surface area contributed by atoms with E-state index in [1.165, 1.54) is 19.3 Å². The number of amides is 1. The lowest BCUT2D eigenvalue weighted by Crippen LogP contribution is -2.62. The fraction of sp³-hybridized carbons (Fsp3) is 0.938. The third kappa shape index (κ3) is 2.73. The van der Waals surface area contributed by atoms with Crippen molar-refractivity contribution in [3.63, 3.8) is 0 Å². The average Bonchev–Trinajstić information content (AvgIpc) is 2.36. The van der Waals surface area contributed by atoms with Gasteiger partial charge in [0.05, 0.1) is 0 Å². The highest BCUT2D eigenvalue weighted by Crippen LogP contribution is 2.41. The van der Waals surface area contributed by atoms with Crippen molar-refractivity contribution in [3.8, 4) is 0 Å². The first-order chi connectivity index (χ1) is 9.58. The van der Waals surface area contributed by atoms with Gasteiger partial charge in [-0.3, -0.25) is 9.69 Å². The number of nitrogens with zero attached hydrogens (tertiary/aromatic N) is 2. The molecule has 3 aliphatic rings. The standard InChI is InChI=1S/C16H29N3O/c1-16(2)6-4-3-5-14(16)15(20)19-9-7-18(8-10-19)13-11-17-12-13/h13-14,17H,3-12H2,1-2H3. The fourth-order valence-corrected chi connectivity index (χ4v) is 4.01. The molecule has 3 fully saturated rings. The number of carbonyl (C=O) groups excluding carboxylic acids is 1. The number of carbonyl (C=O) groups is 1. The van der Waals surface area contributed by atoms with E-state index < -0.39 is 0 Å². The number of hydrogen-bond acceptors (Lipinski definition) is 3. The molecule has 0 aromatic heterocycles. The molecule has 4 heteroatoms. The minimum Gasteiger partial charge on any atom is -0.340 e. The SMILES string of the molecule is CC1(C)CCCCC1C(=O)N1CCN(C2CNC2)CC1. The minimum absolute atomic E-state index is 0.199. The predicted octanol–water partition coefficient (Wildman–Crippen LogP) is 1.32. The maximum atomic E-state index is 12.8. The molecule has 1 saturated carbocycles. The molecule has 0 aromatic rings. The quantitative estimate of drug-likeness (QED) is 0.828. The van der Waals surface area contributed by atoms with Crippen LogP contribution in [0.25, 0.3) is 0 Å². The first-order valence-electron chi connectivity index (χ1n) is 8.31. The molecule has 1 atom stereocenters. The van der Waals surface area contributed by atoms with Crippen molar-refractivity contribution in [2.45, 2.75) is 45.6 Å². The molecular weight excluding hydrogens is 250 g/mol. The van der Waals surface area contributed by atoms with Gasteiger partial charge in [0.15, 0.2) is 0 Å². The summed E-state index contributed by atoms with van der Waals surface area (Å²) in [6, 6.07) is 0.721. The van der Waals surface area contributed by atoms with Gasteiger partial charge in [0, 0.05) is 51.2 Å². The lowest BCUT2D eigenvalue weighted by atomic mass is 9.68. The lowest BCUT2D eigenvalue weighted by Gasteiger charge is -2.45. The van der Waals surface area contributed by atoms with Crippen molar-refractivity contribution in [1.82, 2.24) is 15.1 Å². The summed E-state index contributed by atoms with van der Waals surface area (Å²) in [4.78, 5) is 17.5. The van der Waals surface area contributed by atoms with E-state index in [0.717, 1.165) is 51.7 Å². The predicted molar refractivity (Wildman–Crippen MR) is 80.5 cm³/mol. The van der Waals surface area contributed by atoms with Crippen LogP contribution < -0.4 is 5.32 Å². The van der Waals surface area contributed by atoms with Gasteiger partial charge in [0.2, 0.25) is 5.91 Å². The Balaban J connectivity index is 1.55. The topological polar surface area (TPSA) is 35.6 Å². The number of nitrogens with one attached hydrogen (secondary N) is 1. The van der Waals surface area contributed by atoms with Crippen LogP contribution in [-0.4, -0.2) is 61.0 Å². The van der Waals surface area contributed by atoms with Gasteiger partial charge in [-0.05, 0) is 18.3 Å². The van der Waals surface area contributed by atoms with Gasteiger partial charge in [-0.1, -0.05) is 26.7 Å². The van der Waals surface area contributed by atoms with Gasteiger partial charge in [-0.2, -0.15) is 0 Å². The van der Waals surface area contributed by atoms with E-state index in [0.29, 0.717) is 5.91 Å². The van der Waals surface area contributed by atoms with E-state index in [2.05, 4.69) is 29.0 Å². The largest absolute Gasteiger partial charge is 0.340 e. The van der Waals surface area contributed by atoms with E-state index in [-0.39, 0.29) is 11.3 Å². The monoisotopic (exact) mass is 279 g/mol. The highest BCUT2D eigenvalue weighted by atomic mass is 16.2. The first kappa shape index (κ1) is 14.3. The van der Waals surface area contributed by atoms with Crippen LogP contribution in [0.2, 0.25) is 0 Å². The Kier molecular flexibility index (Phi) is 4.04. The molecule has 3 rings (SSSR count). The van der Waals surface area contributed by atoms with Gasteiger partial charge in [-0.25, -0.2) is 0 Å². The van der Waals surface area contributed by atoms with E-state index in [1.54, 1.807) is 0 Å². The number of piperazine rings is 1. The van der Waals surface area contributed by atoms with Crippen LogP contribution >= 0.6 is 0 Å². The molecule has 0 bridgehead atoms. The summed E-state index contributed by atoms with van der Waals surface area (Å²) < 4.78 is 0. The fourth-order valence-electron chi connectivity index (χ4n) is 4.01. The van der Waals surface area contributed by atoms with E-state index in [1.807, 2.05) is 0 Å². The van der Waals surface area contributed by atoms with Crippen LogP contribution in [-0.2, 0) is 4.79 Å². The molecule has 2 saturated heterocycles. The smallest absolute Gasteiger partial charge is 0.226 e. The lowest BCUT2D eigenvalue weighted by molar-refractivity contribution is -0.143. The normalized spacial score (nSPS) is 31.9. The Bertz CT molecular complexity index is 357. The molecule has 2 heterocycles. The molecule has 0 radical (unpaired) electrons. The first-order valence-corrected chi connectivity index (χ1v) is 8.31. The van der Waals surface area contributed by atoms with Crippen molar-refractivity contribution in [2.75, 3.05) is 39.3 Å². The zero-order valence-electron chi connectivity index (χ0n) is 13.0. The summed E-state index contributed by atoms with van der Waals surface area (Å²) >= 11 is 0. The maximum Gasteiger partial charge on any atom is 0.226 e. The van der Waals surface area contributed by atoms with Crippen molar-refractivity contribution < 1.29 is 4.79 Å². The van der Waals surface area contributed by atoms with E-state index in [4.69, 9.17) is 0 Å². The highest BCUT2D eigenvalue weighted by molar-refractivity contribution is 5.79. The molecular formula is C16H29N3O. The van der Waals surface area contributed by atoms with Gasteiger partial charge >= 0.3 is 0 Å². The van der Waals surface area contributed by atoms with Gasteiger partial charge < -0.3 is 10.2 Å². The third-order valence-corrected chi connectivity index (χ3v) is 5.71. The second kappa shape index (κ2) is 5.64. The molecule has 0 aromatic carbocycles. The molecule has 20 heavy (non-hydrogen) atoms. The Labute approximate surface area is 122 Å². The van der Waals surface area contributed by atoms with Crippen LogP contribution in [0.5, 0.6) is 0 Å². The molecule has 114 valence electrons. The van der Waals surface area contributed by atoms with Gasteiger partial charge in [0.25, 0.3) is 0 Å². The maximum absolute atomic E-state index is 12.8. The molecule has 4 nitrogen and oxygen atoms in total. The summed E-state index contributed by atoms with van der Waals surface area (Å²) in [5.41, 5.74) is 0.199. The third-order valence-electron chi connectivity index (χ3n) is 5.71. The van der Waals surface area contributed by atoms with Crippen LogP contribution in [0.4, 0.5) is 0 Å². The van der Waals surface area contributed by atoms with Crippen molar-refractivity contribution in [3.05, 3.63) is 0 Å². The van der Waals surface area contributed by atoms with Crippen molar-refractivity contribution in [2.24, 2.45) is 11.3 Å². The van der Waals surface area contributed by atoms with E-state index in [9.17, 15) is 4.79 Å². The zero-order chi connectivity index (χ0) is 14.2. The zero-order valence-corrected chi connectivity index (χ0v) is 13.0. The molecule has 1 unspecified atom stereocenters. The minimum atomic E-state index is 0.199. The Hall–Kier alpha value is -0.610. The summed E-state index contributed by atoms with van der Waals surface area (Å²) in [5.74, 6) is 0.689.